The summed E-state index contributed by atoms with van der Waals surface area (Å²) in [6, 6.07) is 0. The molecule has 128 valence electrons. The fraction of sp³-hybridized carbons (Fsp3) is 0.643. The summed E-state index contributed by atoms with van der Waals surface area (Å²) < 4.78 is 40.7. The molecular weight excluding hydrogens is 333 g/mol. The van der Waals surface area contributed by atoms with Gasteiger partial charge >= 0.3 is 6.18 Å². The molecule has 1 aromatic rings. The van der Waals surface area contributed by atoms with Gasteiger partial charge in [0.05, 0.1) is 10.6 Å². The Morgan fingerprint density at radius 1 is 1.43 bits per heavy atom. The van der Waals surface area contributed by atoms with Crippen molar-refractivity contribution in [2.24, 2.45) is 5.41 Å². The third-order valence-corrected chi connectivity index (χ3v) is 4.39. The molecule has 0 aliphatic heterocycles. The predicted molar refractivity (Wildman–Crippen MR) is 78.6 cm³/mol. The number of alkyl halides is 3. The number of aromatic nitrogens is 1. The molecule has 0 radical (unpaired) electrons. The van der Waals surface area contributed by atoms with Crippen molar-refractivity contribution < 1.29 is 27.5 Å². The molecule has 0 aromatic carbocycles. The van der Waals surface area contributed by atoms with Crippen LogP contribution in [0.4, 0.5) is 18.3 Å². The van der Waals surface area contributed by atoms with E-state index in [9.17, 15) is 22.8 Å². The lowest BCUT2D eigenvalue weighted by molar-refractivity contribution is -0.184. The van der Waals surface area contributed by atoms with Gasteiger partial charge in [-0.15, -0.1) is 0 Å². The van der Waals surface area contributed by atoms with Crippen molar-refractivity contribution in [3.05, 3.63) is 10.6 Å². The summed E-state index contributed by atoms with van der Waals surface area (Å²) in [5, 5.41) is 2.61. The summed E-state index contributed by atoms with van der Waals surface area (Å²) in [5.41, 5.74) is 0.429. The van der Waals surface area contributed by atoms with E-state index in [1.165, 1.54) is 6.92 Å². The Hall–Kier alpha value is -1.48. The van der Waals surface area contributed by atoms with Crippen LogP contribution < -0.4 is 5.32 Å². The normalized spacial score (nSPS) is 18.4. The minimum absolute atomic E-state index is 0.0318. The first kappa shape index (κ1) is 17.9. The summed E-state index contributed by atoms with van der Waals surface area (Å²) >= 11 is 1.04. The first-order valence-electron chi connectivity index (χ1n) is 6.99. The second kappa shape index (κ2) is 6.20. The van der Waals surface area contributed by atoms with Crippen molar-refractivity contribution >= 4 is 28.2 Å². The van der Waals surface area contributed by atoms with Crippen LogP contribution >= 0.6 is 11.3 Å². The maximum Gasteiger partial charge on any atom is 0.411 e. The Kier molecular flexibility index (Phi) is 4.81. The van der Waals surface area contributed by atoms with Crippen LogP contribution in [0.1, 0.15) is 42.6 Å². The SMILES string of the molecule is C[C@H](OCC(F)(F)F)C(=O)Nc1nc2c(s1)C(=O)CC(C)(C)C2. The summed E-state index contributed by atoms with van der Waals surface area (Å²) in [4.78, 5) is 28.6. The third kappa shape index (κ3) is 4.74. The molecule has 9 heteroatoms. The number of hydrogen-bond acceptors (Lipinski definition) is 5. The van der Waals surface area contributed by atoms with Gasteiger partial charge in [0.1, 0.15) is 12.7 Å². The maximum absolute atomic E-state index is 12.1. The Morgan fingerprint density at radius 2 is 2.09 bits per heavy atom. The van der Waals surface area contributed by atoms with Gasteiger partial charge in [0, 0.05) is 6.42 Å². The number of anilines is 1. The third-order valence-electron chi connectivity index (χ3n) is 3.33. The predicted octanol–water partition coefficient (Wildman–Crippen LogP) is 3.20. The molecule has 0 unspecified atom stereocenters. The number of ether oxygens (including phenoxy) is 1. The van der Waals surface area contributed by atoms with Gasteiger partial charge in [-0.3, -0.25) is 14.9 Å². The van der Waals surface area contributed by atoms with Gasteiger partial charge in [-0.25, -0.2) is 4.98 Å². The number of thiazole rings is 1. The van der Waals surface area contributed by atoms with E-state index in [2.05, 4.69) is 15.0 Å². The van der Waals surface area contributed by atoms with Gasteiger partial charge in [-0.2, -0.15) is 13.2 Å². The smallest absolute Gasteiger partial charge is 0.359 e. The van der Waals surface area contributed by atoms with E-state index in [0.717, 1.165) is 11.3 Å². The van der Waals surface area contributed by atoms with E-state index >= 15 is 0 Å². The first-order chi connectivity index (χ1) is 10.5. The van der Waals surface area contributed by atoms with Crippen LogP contribution in [0, 0.1) is 5.41 Å². The topological polar surface area (TPSA) is 68.3 Å². The molecule has 1 N–H and O–H groups in total. The molecule has 2 rings (SSSR count). The number of hydrogen-bond donors (Lipinski definition) is 1. The van der Waals surface area contributed by atoms with Crippen LogP contribution in [-0.4, -0.2) is 35.6 Å². The zero-order valence-corrected chi connectivity index (χ0v) is 13.7. The van der Waals surface area contributed by atoms with Crippen LogP contribution in [-0.2, 0) is 16.0 Å². The highest BCUT2D eigenvalue weighted by Crippen LogP contribution is 2.38. The molecule has 1 atom stereocenters. The summed E-state index contributed by atoms with van der Waals surface area (Å²) in [6.45, 7) is 3.64. The Morgan fingerprint density at radius 3 is 2.70 bits per heavy atom. The van der Waals surface area contributed by atoms with E-state index < -0.39 is 24.8 Å². The number of carbonyl (C=O) groups is 2. The molecule has 1 amide bonds. The molecule has 5 nitrogen and oxygen atoms in total. The van der Waals surface area contributed by atoms with E-state index in [0.29, 0.717) is 23.4 Å². The van der Waals surface area contributed by atoms with E-state index in [-0.39, 0.29) is 16.3 Å². The summed E-state index contributed by atoms with van der Waals surface area (Å²) in [5.74, 6) is -0.761. The maximum atomic E-state index is 12.1. The fourth-order valence-corrected chi connectivity index (χ4v) is 3.20. The molecule has 23 heavy (non-hydrogen) atoms. The standard InChI is InChI=1S/C14H17F3N2O3S/c1-7(22-6-14(15,16)17)11(21)19-12-18-8-4-13(2,3)5-9(20)10(8)23-12/h7H,4-6H2,1-3H3,(H,18,19,21)/t7-/m0/s1. The molecule has 1 aromatic heterocycles. The highest BCUT2D eigenvalue weighted by atomic mass is 32.1. The summed E-state index contributed by atoms with van der Waals surface area (Å²) in [7, 11) is 0. The molecule has 1 aliphatic rings. The van der Waals surface area contributed by atoms with Crippen LogP contribution in [0.5, 0.6) is 0 Å². The van der Waals surface area contributed by atoms with Crippen molar-refractivity contribution in [3.8, 4) is 0 Å². The molecule has 0 spiro atoms. The van der Waals surface area contributed by atoms with Crippen molar-refractivity contribution in [3.63, 3.8) is 0 Å². The number of carbonyl (C=O) groups excluding carboxylic acids is 2. The largest absolute Gasteiger partial charge is 0.411 e. The van der Waals surface area contributed by atoms with Crippen LogP contribution in [0.2, 0.25) is 0 Å². The number of fused-ring (bicyclic) bond motifs is 1. The zero-order chi connectivity index (χ0) is 17.4. The van der Waals surface area contributed by atoms with E-state index in [4.69, 9.17) is 0 Å². The van der Waals surface area contributed by atoms with Gasteiger partial charge in [-0.1, -0.05) is 25.2 Å². The fourth-order valence-electron chi connectivity index (χ4n) is 2.28. The van der Waals surface area contributed by atoms with Crippen LogP contribution in [0.25, 0.3) is 0 Å². The average Bonchev–Trinajstić information content (AvgIpc) is 2.76. The van der Waals surface area contributed by atoms with Crippen molar-refractivity contribution in [2.45, 2.75) is 45.9 Å². The number of amides is 1. The van der Waals surface area contributed by atoms with Gasteiger partial charge in [0.15, 0.2) is 10.9 Å². The van der Waals surface area contributed by atoms with Gasteiger partial charge in [-0.05, 0) is 18.8 Å². The number of Topliss-reactive ketones (excluding diaryl/α,β-unsaturated/α-hetero) is 1. The minimum atomic E-state index is -4.49. The molecule has 0 bridgehead atoms. The first-order valence-corrected chi connectivity index (χ1v) is 7.81. The summed E-state index contributed by atoms with van der Waals surface area (Å²) in [6.07, 6.45) is -4.75. The van der Waals surface area contributed by atoms with Crippen molar-refractivity contribution in [1.29, 1.82) is 0 Å². The Bertz CT molecular complexity index is 625. The highest BCUT2D eigenvalue weighted by Gasteiger charge is 2.34. The number of nitrogens with one attached hydrogen (secondary N) is 1. The lowest BCUT2D eigenvalue weighted by atomic mass is 9.78. The lowest BCUT2D eigenvalue weighted by Crippen LogP contribution is -2.31. The molecule has 0 saturated carbocycles. The van der Waals surface area contributed by atoms with Gasteiger partial charge < -0.3 is 4.74 Å². The Labute approximate surface area is 135 Å². The quantitative estimate of drug-likeness (QED) is 0.905. The van der Waals surface area contributed by atoms with Crippen molar-refractivity contribution in [2.75, 3.05) is 11.9 Å². The van der Waals surface area contributed by atoms with E-state index in [1.54, 1.807) is 0 Å². The van der Waals surface area contributed by atoms with Gasteiger partial charge in [0.2, 0.25) is 0 Å². The number of nitrogens with zero attached hydrogens (tertiary/aromatic N) is 1. The Balaban J connectivity index is 2.02. The zero-order valence-electron chi connectivity index (χ0n) is 12.9. The molecule has 1 heterocycles. The van der Waals surface area contributed by atoms with Crippen molar-refractivity contribution in [1.82, 2.24) is 4.98 Å². The monoisotopic (exact) mass is 350 g/mol. The minimum Gasteiger partial charge on any atom is -0.359 e. The van der Waals surface area contributed by atoms with E-state index in [1.807, 2.05) is 13.8 Å². The molecule has 1 aliphatic carbocycles. The van der Waals surface area contributed by atoms with Gasteiger partial charge in [0.25, 0.3) is 5.91 Å². The number of ketones is 1. The second-order valence-corrected chi connectivity index (χ2v) is 7.29. The van der Waals surface area contributed by atoms with Crippen LogP contribution in [0.3, 0.4) is 0 Å². The molecule has 0 fully saturated rings. The molecule has 0 saturated heterocycles. The average molecular weight is 350 g/mol. The second-order valence-electron chi connectivity index (χ2n) is 6.29. The molecular formula is C14H17F3N2O3S. The lowest BCUT2D eigenvalue weighted by Gasteiger charge is -2.26. The number of rotatable bonds is 4. The highest BCUT2D eigenvalue weighted by molar-refractivity contribution is 7.17. The number of halogens is 3. The van der Waals surface area contributed by atoms with Crippen LogP contribution in [0.15, 0.2) is 0 Å².